The molecule has 1 aromatic carbocycles. The minimum Gasteiger partial charge on any atom is -0.345 e. The first-order chi connectivity index (χ1) is 7.22. The van der Waals surface area contributed by atoms with Crippen molar-refractivity contribution in [2.75, 3.05) is 6.54 Å². The van der Waals surface area contributed by atoms with Crippen LogP contribution in [0.2, 0.25) is 0 Å². The Bertz CT molecular complexity index is 376. The maximum atomic E-state index is 11.3. The molecule has 0 saturated carbocycles. The lowest BCUT2D eigenvalue weighted by molar-refractivity contribution is -0.120. The normalized spacial score (nSPS) is 9.33. The van der Waals surface area contributed by atoms with Crippen molar-refractivity contribution in [1.29, 1.82) is 0 Å². The van der Waals surface area contributed by atoms with Crippen LogP contribution in [0.25, 0.3) is 0 Å². The van der Waals surface area contributed by atoms with Gasteiger partial charge in [-0.1, -0.05) is 35.7 Å². The van der Waals surface area contributed by atoms with E-state index in [1.807, 2.05) is 25.1 Å². The summed E-state index contributed by atoms with van der Waals surface area (Å²) in [4.78, 5) is 11.3. The maximum absolute atomic E-state index is 11.3. The molecule has 0 bridgehead atoms. The summed E-state index contributed by atoms with van der Waals surface area (Å²) < 4.78 is 0. The largest absolute Gasteiger partial charge is 0.345 e. The second-order valence-corrected chi connectivity index (χ2v) is 3.47. The molecule has 0 saturated heterocycles. The van der Waals surface area contributed by atoms with Crippen molar-refractivity contribution in [3.63, 3.8) is 0 Å². The summed E-state index contributed by atoms with van der Waals surface area (Å²) >= 11 is 0. The number of nitrogens with one attached hydrogen (secondary N) is 1. The third-order valence-corrected chi connectivity index (χ3v) is 2.11. The van der Waals surface area contributed by atoms with Crippen LogP contribution in [0.5, 0.6) is 0 Å². The highest BCUT2D eigenvalue weighted by atomic mass is 16.1. The SMILES string of the molecule is C#CCNC(=O)CCc1cccc(C)c1. The summed E-state index contributed by atoms with van der Waals surface area (Å²) in [6.45, 7) is 2.36. The van der Waals surface area contributed by atoms with Gasteiger partial charge in [0.15, 0.2) is 0 Å². The van der Waals surface area contributed by atoms with Crippen molar-refractivity contribution in [2.24, 2.45) is 0 Å². The molecule has 1 N–H and O–H groups in total. The van der Waals surface area contributed by atoms with E-state index in [1.54, 1.807) is 0 Å². The number of amides is 1. The van der Waals surface area contributed by atoms with Crippen molar-refractivity contribution in [2.45, 2.75) is 19.8 Å². The number of aryl methyl sites for hydroxylation is 2. The van der Waals surface area contributed by atoms with Gasteiger partial charge >= 0.3 is 0 Å². The van der Waals surface area contributed by atoms with E-state index in [0.29, 0.717) is 13.0 Å². The molecule has 1 rings (SSSR count). The van der Waals surface area contributed by atoms with Gasteiger partial charge in [-0.2, -0.15) is 0 Å². The molecule has 2 nitrogen and oxygen atoms in total. The van der Waals surface area contributed by atoms with Crippen molar-refractivity contribution in [3.05, 3.63) is 35.4 Å². The number of carbonyl (C=O) groups excluding carboxylic acids is 1. The van der Waals surface area contributed by atoms with Gasteiger partial charge in [0.25, 0.3) is 0 Å². The third-order valence-electron chi connectivity index (χ3n) is 2.11. The minimum absolute atomic E-state index is 0.00876. The van der Waals surface area contributed by atoms with E-state index in [0.717, 1.165) is 6.42 Å². The first-order valence-corrected chi connectivity index (χ1v) is 4.98. The quantitative estimate of drug-likeness (QED) is 0.738. The molecule has 0 aliphatic rings. The molecule has 1 aromatic rings. The number of rotatable bonds is 4. The number of carbonyl (C=O) groups is 1. The van der Waals surface area contributed by atoms with Crippen LogP contribution in [0.15, 0.2) is 24.3 Å². The Hall–Kier alpha value is -1.75. The first-order valence-electron chi connectivity index (χ1n) is 4.98. The molecule has 0 unspecified atom stereocenters. The van der Waals surface area contributed by atoms with Crippen LogP contribution in [0.3, 0.4) is 0 Å². The van der Waals surface area contributed by atoms with E-state index in [4.69, 9.17) is 6.42 Å². The van der Waals surface area contributed by atoms with E-state index in [1.165, 1.54) is 11.1 Å². The van der Waals surface area contributed by atoms with E-state index in [9.17, 15) is 4.79 Å². The average Bonchev–Trinajstić information content (AvgIpc) is 2.23. The fraction of sp³-hybridized carbons (Fsp3) is 0.308. The molecule has 0 fully saturated rings. The highest BCUT2D eigenvalue weighted by Crippen LogP contribution is 2.06. The first kappa shape index (κ1) is 11.3. The van der Waals surface area contributed by atoms with Crippen molar-refractivity contribution in [1.82, 2.24) is 5.32 Å². The molecule has 15 heavy (non-hydrogen) atoms. The summed E-state index contributed by atoms with van der Waals surface area (Å²) in [5, 5.41) is 2.64. The molecule has 0 aromatic heterocycles. The van der Waals surface area contributed by atoms with Gasteiger partial charge in [-0.3, -0.25) is 4.79 Å². The van der Waals surface area contributed by atoms with Gasteiger partial charge in [0.05, 0.1) is 6.54 Å². The van der Waals surface area contributed by atoms with Crippen LogP contribution >= 0.6 is 0 Å². The third kappa shape index (κ3) is 4.33. The standard InChI is InChI=1S/C13H15NO/c1-3-9-14-13(15)8-7-12-6-4-5-11(2)10-12/h1,4-6,10H,7-9H2,2H3,(H,14,15). The molecular weight excluding hydrogens is 186 g/mol. The van der Waals surface area contributed by atoms with Gasteiger partial charge in [-0.25, -0.2) is 0 Å². The predicted molar refractivity (Wildman–Crippen MR) is 61.3 cm³/mol. The Kier molecular flexibility index (Phi) is 4.43. The van der Waals surface area contributed by atoms with Crippen LogP contribution < -0.4 is 5.32 Å². The molecule has 2 heteroatoms. The van der Waals surface area contributed by atoms with Crippen molar-refractivity contribution >= 4 is 5.91 Å². The molecule has 0 atom stereocenters. The molecular formula is C13H15NO. The number of terminal acetylenes is 1. The number of hydrogen-bond donors (Lipinski definition) is 1. The summed E-state index contributed by atoms with van der Waals surface area (Å²) in [6, 6.07) is 8.17. The zero-order chi connectivity index (χ0) is 11.1. The van der Waals surface area contributed by atoms with Gasteiger partial charge in [0, 0.05) is 6.42 Å². The Morgan fingerprint density at radius 2 is 2.33 bits per heavy atom. The molecule has 0 aliphatic carbocycles. The van der Waals surface area contributed by atoms with Crippen LogP contribution in [0, 0.1) is 19.3 Å². The van der Waals surface area contributed by atoms with Crippen LogP contribution in [0.1, 0.15) is 17.5 Å². The Labute approximate surface area is 90.7 Å². The summed E-state index contributed by atoms with van der Waals surface area (Å²) in [5.74, 6) is 2.38. The fourth-order valence-corrected chi connectivity index (χ4v) is 1.36. The minimum atomic E-state index is 0.00876. The fourth-order valence-electron chi connectivity index (χ4n) is 1.36. The van der Waals surface area contributed by atoms with E-state index >= 15 is 0 Å². The molecule has 0 aliphatic heterocycles. The molecule has 0 heterocycles. The zero-order valence-electron chi connectivity index (χ0n) is 8.92. The Morgan fingerprint density at radius 3 is 3.00 bits per heavy atom. The maximum Gasteiger partial charge on any atom is 0.221 e. The van der Waals surface area contributed by atoms with Crippen LogP contribution in [0.4, 0.5) is 0 Å². The van der Waals surface area contributed by atoms with Crippen molar-refractivity contribution < 1.29 is 4.79 Å². The van der Waals surface area contributed by atoms with Gasteiger partial charge in [-0.05, 0) is 18.9 Å². The number of hydrogen-bond acceptors (Lipinski definition) is 1. The summed E-state index contributed by atoms with van der Waals surface area (Å²) in [7, 11) is 0. The molecule has 78 valence electrons. The monoisotopic (exact) mass is 201 g/mol. The zero-order valence-corrected chi connectivity index (χ0v) is 8.92. The van der Waals surface area contributed by atoms with Gasteiger partial charge in [0.1, 0.15) is 0 Å². The second-order valence-electron chi connectivity index (χ2n) is 3.47. The lowest BCUT2D eigenvalue weighted by atomic mass is 10.1. The number of benzene rings is 1. The van der Waals surface area contributed by atoms with E-state index in [-0.39, 0.29) is 5.91 Å². The highest BCUT2D eigenvalue weighted by molar-refractivity contribution is 5.76. The van der Waals surface area contributed by atoms with Crippen LogP contribution in [-0.4, -0.2) is 12.5 Å². The van der Waals surface area contributed by atoms with Gasteiger partial charge in [0.2, 0.25) is 5.91 Å². The molecule has 0 spiro atoms. The molecule has 1 amide bonds. The average molecular weight is 201 g/mol. The van der Waals surface area contributed by atoms with Crippen LogP contribution in [-0.2, 0) is 11.2 Å². The topological polar surface area (TPSA) is 29.1 Å². The smallest absolute Gasteiger partial charge is 0.221 e. The summed E-state index contributed by atoms with van der Waals surface area (Å²) in [5.41, 5.74) is 2.40. The Morgan fingerprint density at radius 1 is 1.53 bits per heavy atom. The van der Waals surface area contributed by atoms with E-state index < -0.39 is 0 Å². The van der Waals surface area contributed by atoms with E-state index in [2.05, 4.69) is 17.3 Å². The lowest BCUT2D eigenvalue weighted by Crippen LogP contribution is -2.23. The lowest BCUT2D eigenvalue weighted by Gasteiger charge is -2.02. The molecule has 0 radical (unpaired) electrons. The second kappa shape index (κ2) is 5.87. The Balaban J connectivity index is 2.37. The van der Waals surface area contributed by atoms with Gasteiger partial charge < -0.3 is 5.32 Å². The summed E-state index contributed by atoms with van der Waals surface area (Å²) in [6.07, 6.45) is 6.29. The van der Waals surface area contributed by atoms with Crippen molar-refractivity contribution in [3.8, 4) is 12.3 Å². The predicted octanol–water partition coefficient (Wildman–Crippen LogP) is 1.68. The highest BCUT2D eigenvalue weighted by Gasteiger charge is 2.00. The van der Waals surface area contributed by atoms with Gasteiger partial charge in [-0.15, -0.1) is 6.42 Å².